The third-order valence-corrected chi connectivity index (χ3v) is 20.8. The largest absolute Gasteiger partial charge is 0.481 e. The molecule has 5 fully saturated rings. The van der Waals surface area contributed by atoms with Crippen LogP contribution in [0.15, 0.2) is 35.3 Å². The molecule has 2 bridgehead atoms. The molecule has 1 aromatic rings. The highest BCUT2D eigenvalue weighted by molar-refractivity contribution is 8.76. The first-order valence-electron chi connectivity index (χ1n) is 35.7. The molecule has 0 unspecified atom stereocenters. The Morgan fingerprint density at radius 2 is 0.990 bits per heavy atom. The van der Waals surface area contributed by atoms with Crippen LogP contribution in [0.4, 0.5) is 0 Å². The van der Waals surface area contributed by atoms with E-state index < -0.39 is 204 Å². The second-order valence-corrected chi connectivity index (χ2v) is 30.2. The average Bonchev–Trinajstić information content (AvgIpc) is 1.67. The number of nitrogens with one attached hydrogen (secondary N) is 11. The molecule has 5 saturated heterocycles. The Morgan fingerprint density at radius 3 is 1.55 bits per heavy atom. The number of aliphatic hydroxyl groups is 2. The first-order chi connectivity index (χ1) is 49.9. The maximum Gasteiger partial charge on any atom is 0.305 e. The Bertz CT molecular complexity index is 3300. The van der Waals surface area contributed by atoms with Crippen LogP contribution in [-0.2, 0) is 78.3 Å². The van der Waals surface area contributed by atoms with Crippen molar-refractivity contribution in [2.24, 2.45) is 34.0 Å². The molecule has 0 saturated carbocycles. The van der Waals surface area contributed by atoms with E-state index in [1.165, 1.54) is 14.7 Å². The predicted molar refractivity (Wildman–Crippen MR) is 384 cm³/mol. The van der Waals surface area contributed by atoms with Gasteiger partial charge in [0, 0.05) is 44.1 Å². The fourth-order valence-corrected chi connectivity index (χ4v) is 15.3. The second kappa shape index (κ2) is 41.7. The maximum absolute atomic E-state index is 15.3. The van der Waals surface area contributed by atoms with Gasteiger partial charge in [-0.2, -0.15) is 0 Å². The molecule has 14 atom stereocenters. The van der Waals surface area contributed by atoms with E-state index in [9.17, 15) is 72.9 Å². The third kappa shape index (κ3) is 25.7. The summed E-state index contributed by atoms with van der Waals surface area (Å²) in [6, 6.07) is -11.5. The number of carboxylic acids is 1. The van der Waals surface area contributed by atoms with Crippen LogP contribution in [-0.4, -0.2) is 267 Å². The van der Waals surface area contributed by atoms with Crippen molar-refractivity contribution in [1.82, 2.24) is 73.2 Å². The van der Waals surface area contributed by atoms with Crippen molar-refractivity contribution >= 4 is 116 Å². The Hall–Kier alpha value is -8.88. The molecule has 105 heavy (non-hydrogen) atoms. The lowest BCUT2D eigenvalue weighted by Crippen LogP contribution is -2.62. The molecule has 20 N–H and O–H groups in total. The number of nitrogens with two attached hydrogens (primary N) is 3. The summed E-state index contributed by atoms with van der Waals surface area (Å²) in [7, 11) is 1.70. The van der Waals surface area contributed by atoms with Gasteiger partial charge in [0.15, 0.2) is 5.96 Å². The molecule has 0 aliphatic carbocycles. The molecule has 38 heteroatoms. The Labute approximate surface area is 616 Å². The van der Waals surface area contributed by atoms with Crippen molar-refractivity contribution in [3.8, 4) is 0 Å². The Kier molecular flexibility index (Phi) is 33.8. The molecule has 1 aromatic carbocycles. The van der Waals surface area contributed by atoms with E-state index in [1.54, 1.807) is 58.0 Å². The third-order valence-electron chi connectivity index (χ3n) is 18.4. The summed E-state index contributed by atoms with van der Waals surface area (Å²) < 4.78 is 0. The molecule has 0 aromatic heterocycles. The van der Waals surface area contributed by atoms with Crippen molar-refractivity contribution < 1.29 is 87.2 Å². The number of aliphatic carboxylic acids is 1. The minimum Gasteiger partial charge on any atom is -0.481 e. The van der Waals surface area contributed by atoms with Gasteiger partial charge in [-0.1, -0.05) is 79.6 Å². The van der Waals surface area contributed by atoms with E-state index in [0.717, 1.165) is 28.5 Å². The van der Waals surface area contributed by atoms with Crippen molar-refractivity contribution in [2.45, 2.75) is 216 Å². The van der Waals surface area contributed by atoms with Crippen LogP contribution in [0.25, 0.3) is 0 Å². The van der Waals surface area contributed by atoms with E-state index in [2.05, 4.69) is 63.5 Å². The van der Waals surface area contributed by atoms with Crippen LogP contribution in [0.5, 0.6) is 0 Å². The zero-order chi connectivity index (χ0) is 77.2. The van der Waals surface area contributed by atoms with Crippen LogP contribution in [0.1, 0.15) is 130 Å². The lowest BCUT2D eigenvalue weighted by Gasteiger charge is -2.34. The highest BCUT2D eigenvalue weighted by Gasteiger charge is 2.46. The van der Waals surface area contributed by atoms with E-state index in [0.29, 0.717) is 24.8 Å². The lowest BCUT2D eigenvalue weighted by molar-refractivity contribution is -0.148. The number of hydrogen-bond acceptors (Lipinski definition) is 21. The topological polar surface area (TPSA) is 549 Å². The van der Waals surface area contributed by atoms with Crippen molar-refractivity contribution in [3.05, 3.63) is 35.9 Å². The fourth-order valence-electron chi connectivity index (χ4n) is 13.0. The Balaban J connectivity index is 1.50. The number of fused-ring (bicyclic) bond motifs is 8. The number of guanidine groups is 1. The molecular weight excluding hydrogens is 1410 g/mol. The molecule has 0 radical (unpaired) electrons. The molecule has 582 valence electrons. The number of unbranched alkanes of at least 4 members (excludes halogenated alkanes) is 1. The summed E-state index contributed by atoms with van der Waals surface area (Å²) in [4.78, 5) is 225. The van der Waals surface area contributed by atoms with Gasteiger partial charge in [-0.05, 0) is 114 Å². The first-order valence-corrected chi connectivity index (χ1v) is 38.2. The molecule has 6 rings (SSSR count). The minimum absolute atomic E-state index is 0.00914. The van der Waals surface area contributed by atoms with Crippen LogP contribution in [0.2, 0.25) is 0 Å². The van der Waals surface area contributed by atoms with Crippen LogP contribution < -0.4 is 75.7 Å². The zero-order valence-corrected chi connectivity index (χ0v) is 61.5. The summed E-state index contributed by atoms with van der Waals surface area (Å²) in [5, 5.41) is 60.0. The van der Waals surface area contributed by atoms with Crippen LogP contribution >= 0.6 is 21.6 Å². The Morgan fingerprint density at radius 1 is 0.524 bits per heavy atom. The standard InChI is InChI=1S/C67H104N18O18S2/c1-35(2)27-41-57(94)81-46-33-104-105-34-47(80-55(92)39(18-11-23-71-67(69)70)73-51(88)31-72-54(91)42(30-52(89)90)76-61(98)48-19-12-24-83(48)65(102)44(78-59(46)96)29-38-15-7-6-8-16-38)60(97)82-53(37(5)87)63(100)74-40(17-9-10-22-68)56(93)79-45(32-86)58(95)77-43(28-36(3)4)64(101)85-26-14-21-50(85)66(103)84-25-13-20-49(84)62(99)75-41/h6-8,15-16,35-37,39-50,53,86-87H,9-14,17-34,68H2,1-5H3,(H,72,91)(H,73,88)(H,74,100)(H,75,99)(H,76,98)(H,77,95)(H,78,96)(H,79,93)(H,80,92)(H,81,94)(H,82,97)(H,89,90)(H4,69,70,71)/t37-,39-,40-,41-,42-,43-,44-,45-,46+,47-,48-,49-,50-,53-/m0/s1. The number of nitrogens with zero attached hydrogens (tertiary/aromatic N) is 4. The number of carbonyl (C=O) groups is 15. The lowest BCUT2D eigenvalue weighted by atomic mass is 10.0. The number of amides is 14. The maximum atomic E-state index is 15.3. The van der Waals surface area contributed by atoms with Gasteiger partial charge in [0.25, 0.3) is 0 Å². The number of rotatable bonds is 18. The van der Waals surface area contributed by atoms with Crippen LogP contribution in [0, 0.1) is 11.8 Å². The number of aliphatic hydroxyl groups excluding tert-OH is 2. The van der Waals surface area contributed by atoms with Gasteiger partial charge < -0.3 is 106 Å². The summed E-state index contributed by atoms with van der Waals surface area (Å²) in [6.45, 7) is 6.48. The van der Waals surface area contributed by atoms with E-state index in [-0.39, 0.29) is 121 Å². The van der Waals surface area contributed by atoms with Gasteiger partial charge >= 0.3 is 5.97 Å². The molecule has 5 aliphatic heterocycles. The smallest absolute Gasteiger partial charge is 0.305 e. The summed E-state index contributed by atoms with van der Waals surface area (Å²) in [5.74, 6) is -16.5. The molecular formula is C67H104N18O18S2. The predicted octanol–water partition coefficient (Wildman–Crippen LogP) is -5.30. The van der Waals surface area contributed by atoms with Gasteiger partial charge in [0.05, 0.1) is 25.7 Å². The highest BCUT2D eigenvalue weighted by Crippen LogP contribution is 2.29. The van der Waals surface area contributed by atoms with Crippen molar-refractivity contribution in [2.75, 3.05) is 57.4 Å². The molecule has 5 aliphatic rings. The first kappa shape index (κ1) is 85.1. The van der Waals surface area contributed by atoms with Gasteiger partial charge in [-0.3, -0.25) is 76.9 Å². The average molecular weight is 1510 g/mol. The molecule has 36 nitrogen and oxygen atoms in total. The van der Waals surface area contributed by atoms with Crippen molar-refractivity contribution in [1.29, 1.82) is 0 Å². The molecule has 0 spiro atoms. The van der Waals surface area contributed by atoms with E-state index >= 15 is 14.4 Å². The summed E-state index contributed by atoms with van der Waals surface area (Å²) in [6.07, 6.45) is -1.59. The second-order valence-electron chi connectivity index (χ2n) is 27.7. The minimum atomic E-state index is -1.94. The van der Waals surface area contributed by atoms with Gasteiger partial charge in [-0.25, -0.2) is 0 Å². The highest BCUT2D eigenvalue weighted by atomic mass is 33.1. The van der Waals surface area contributed by atoms with Crippen molar-refractivity contribution in [3.63, 3.8) is 0 Å². The number of aliphatic imine (C=N–C) groups is 1. The van der Waals surface area contributed by atoms with Gasteiger partial charge in [0.1, 0.15) is 78.5 Å². The fraction of sp³-hybridized carbons (Fsp3) is 0.672. The number of benzene rings is 1. The van der Waals surface area contributed by atoms with E-state index in [4.69, 9.17) is 17.2 Å². The SMILES string of the molecule is CC(C)C[C@@H]1NC(=O)[C@@H]2CCCN2C(=O)[C@@H]2CCCN2C(=O)[C@H](CC(C)C)NC(=O)[C@H](CO)NC(=O)[C@H](CCCCN)NC(=O)[C@H]([C@H](C)O)NC(=O)[C@@H]2CSSC[C@@H](NC1=O)C(=O)N[C@@H](Cc1ccccc1)C(=O)N1CCC[C@H]1C(=O)N[C@@H](CC(=O)O)C(=O)NCC(=O)N[C@@H](CCCN=C(N)N)C(=O)N2. The monoisotopic (exact) mass is 1510 g/mol. The quantitative estimate of drug-likeness (QED) is 0.0282. The number of hydrogen-bond donors (Lipinski definition) is 17. The summed E-state index contributed by atoms with van der Waals surface area (Å²) in [5.41, 5.74) is 17.5. The number of carbonyl (C=O) groups excluding carboxylic acids is 14. The van der Waals surface area contributed by atoms with Gasteiger partial charge in [0.2, 0.25) is 82.7 Å². The van der Waals surface area contributed by atoms with Gasteiger partial charge in [-0.15, -0.1) is 0 Å². The molecule has 14 amide bonds. The van der Waals surface area contributed by atoms with E-state index in [1.807, 2.05) is 0 Å². The normalized spacial score (nSPS) is 28.0. The van der Waals surface area contributed by atoms with Crippen LogP contribution in [0.3, 0.4) is 0 Å². The number of carboxylic acid groups (broad SMARTS) is 1. The zero-order valence-electron chi connectivity index (χ0n) is 59.9. The molecule has 5 heterocycles. The summed E-state index contributed by atoms with van der Waals surface area (Å²) >= 11 is 0.